The molecule has 0 aromatic heterocycles. The van der Waals surface area contributed by atoms with Crippen molar-refractivity contribution >= 4 is 11.9 Å². The van der Waals surface area contributed by atoms with Crippen LogP contribution in [0.25, 0.3) is 0 Å². The SMILES string of the molecule is Cc1ccc(O)c(C(=O)N2CCC3(CC2)COC(CN(C)C2CCC(O)CC2)C3)c1.O=C(O)C(F)(F)F. The Morgan fingerprint density at radius 1 is 1.16 bits per heavy atom. The Balaban J connectivity index is 0.000000479. The number of rotatable bonds is 4. The molecule has 1 aromatic rings. The van der Waals surface area contributed by atoms with Gasteiger partial charge in [-0.15, -0.1) is 0 Å². The smallest absolute Gasteiger partial charge is 0.490 e. The van der Waals surface area contributed by atoms with E-state index in [1.165, 1.54) is 0 Å². The molecule has 0 bridgehead atoms. The molecular formula is C26H37F3N2O6. The molecular weight excluding hydrogens is 493 g/mol. The van der Waals surface area contributed by atoms with Gasteiger partial charge in [0, 0.05) is 25.7 Å². The summed E-state index contributed by atoms with van der Waals surface area (Å²) in [4.78, 5) is 26.1. The van der Waals surface area contributed by atoms with Crippen molar-refractivity contribution in [2.24, 2.45) is 5.41 Å². The number of amides is 1. The summed E-state index contributed by atoms with van der Waals surface area (Å²) < 4.78 is 37.9. The predicted octanol–water partition coefficient (Wildman–Crippen LogP) is 3.58. The second kappa shape index (κ2) is 12.0. The summed E-state index contributed by atoms with van der Waals surface area (Å²) in [6.45, 7) is 5.11. The molecule has 1 unspecified atom stereocenters. The van der Waals surface area contributed by atoms with Gasteiger partial charge in [-0.1, -0.05) is 11.6 Å². The number of aryl methyl sites for hydroxylation is 1. The van der Waals surface area contributed by atoms with E-state index in [1.807, 2.05) is 17.9 Å². The summed E-state index contributed by atoms with van der Waals surface area (Å²) in [6.07, 6.45) is 1.99. The zero-order valence-corrected chi connectivity index (χ0v) is 21.3. The number of aliphatic hydroxyl groups is 1. The Morgan fingerprint density at radius 3 is 2.32 bits per heavy atom. The van der Waals surface area contributed by atoms with Crippen LogP contribution in [0.4, 0.5) is 13.2 Å². The number of halogens is 3. The van der Waals surface area contributed by atoms with E-state index in [2.05, 4.69) is 11.9 Å². The highest BCUT2D eigenvalue weighted by atomic mass is 19.4. The van der Waals surface area contributed by atoms with Crippen LogP contribution in [0, 0.1) is 12.3 Å². The Labute approximate surface area is 215 Å². The van der Waals surface area contributed by atoms with Crippen LogP contribution in [-0.2, 0) is 9.53 Å². The fourth-order valence-corrected chi connectivity index (χ4v) is 5.51. The van der Waals surface area contributed by atoms with Gasteiger partial charge in [0.15, 0.2) is 0 Å². The van der Waals surface area contributed by atoms with Gasteiger partial charge in [0.25, 0.3) is 5.91 Å². The average molecular weight is 531 g/mol. The van der Waals surface area contributed by atoms with E-state index in [1.54, 1.807) is 12.1 Å². The third-order valence-electron chi connectivity index (χ3n) is 7.80. The number of hydrogen-bond acceptors (Lipinski definition) is 6. The Hall–Kier alpha value is -2.37. The number of aliphatic hydroxyl groups excluding tert-OH is 1. The zero-order chi connectivity index (χ0) is 27.4. The minimum absolute atomic E-state index is 0.0634. The average Bonchev–Trinajstić information content (AvgIpc) is 3.22. The number of hydrogen-bond donors (Lipinski definition) is 3. The molecule has 2 saturated heterocycles. The Bertz CT molecular complexity index is 941. The van der Waals surface area contributed by atoms with Crippen molar-refractivity contribution < 1.29 is 42.8 Å². The molecule has 1 aromatic carbocycles. The minimum atomic E-state index is -5.08. The van der Waals surface area contributed by atoms with Crippen molar-refractivity contribution in [3.05, 3.63) is 29.3 Å². The molecule has 1 aliphatic carbocycles. The first-order valence-corrected chi connectivity index (χ1v) is 12.7. The zero-order valence-electron chi connectivity index (χ0n) is 21.3. The molecule has 8 nitrogen and oxygen atoms in total. The van der Waals surface area contributed by atoms with Crippen LogP contribution in [0.1, 0.15) is 60.9 Å². The van der Waals surface area contributed by atoms with Crippen LogP contribution >= 0.6 is 0 Å². The van der Waals surface area contributed by atoms with Gasteiger partial charge in [-0.25, -0.2) is 4.79 Å². The number of carboxylic acid groups (broad SMARTS) is 1. The first kappa shape index (κ1) is 29.2. The van der Waals surface area contributed by atoms with Crippen LogP contribution in [-0.4, -0.2) is 94.7 Å². The van der Waals surface area contributed by atoms with Crippen LogP contribution in [0.2, 0.25) is 0 Å². The quantitative estimate of drug-likeness (QED) is 0.546. The van der Waals surface area contributed by atoms with Crippen molar-refractivity contribution in [1.29, 1.82) is 0 Å². The molecule has 3 N–H and O–H groups in total. The van der Waals surface area contributed by atoms with Gasteiger partial charge in [-0.05, 0) is 76.5 Å². The fourth-order valence-electron chi connectivity index (χ4n) is 5.51. The second-order valence-electron chi connectivity index (χ2n) is 10.7. The standard InChI is InChI=1S/C24H36N2O4.C2HF3O2/c1-17-3-8-22(28)21(13-17)23(29)26-11-9-24(10-12-26)14-20(30-16-24)15-25(2)18-4-6-19(27)7-5-18;3-2(4,5)1(6)7/h3,8,13,18-20,27-28H,4-7,9-12,14-16H2,1-2H3;(H,6,7). The van der Waals surface area contributed by atoms with Crippen LogP contribution < -0.4 is 0 Å². The van der Waals surface area contributed by atoms with Gasteiger partial charge in [0.05, 0.1) is 24.4 Å². The molecule has 3 aliphatic rings. The first-order valence-electron chi connectivity index (χ1n) is 12.7. The molecule has 1 spiro atoms. The van der Waals surface area contributed by atoms with Crippen molar-refractivity contribution in [2.75, 3.05) is 33.3 Å². The number of likely N-dealkylation sites (tertiary alicyclic amines) is 1. The molecule has 2 aliphatic heterocycles. The fraction of sp³-hybridized carbons (Fsp3) is 0.692. The highest BCUT2D eigenvalue weighted by Crippen LogP contribution is 2.42. The number of carbonyl (C=O) groups is 2. The summed E-state index contributed by atoms with van der Waals surface area (Å²) in [6, 6.07) is 5.75. The van der Waals surface area contributed by atoms with Crippen LogP contribution in [0.3, 0.4) is 0 Å². The lowest BCUT2D eigenvalue weighted by atomic mass is 9.76. The summed E-state index contributed by atoms with van der Waals surface area (Å²) >= 11 is 0. The Kier molecular flexibility index (Phi) is 9.47. The van der Waals surface area contributed by atoms with E-state index in [4.69, 9.17) is 14.6 Å². The lowest BCUT2D eigenvalue weighted by Gasteiger charge is -2.39. The van der Waals surface area contributed by atoms with E-state index in [0.29, 0.717) is 11.6 Å². The van der Waals surface area contributed by atoms with Crippen molar-refractivity contribution in [1.82, 2.24) is 9.80 Å². The maximum atomic E-state index is 12.9. The van der Waals surface area contributed by atoms with E-state index >= 15 is 0 Å². The number of carbonyl (C=O) groups excluding carboxylic acids is 1. The number of carboxylic acids is 1. The molecule has 2 heterocycles. The van der Waals surface area contributed by atoms with Crippen molar-refractivity contribution in [3.8, 4) is 5.75 Å². The number of ether oxygens (including phenoxy) is 1. The van der Waals surface area contributed by atoms with Crippen molar-refractivity contribution in [2.45, 2.75) is 76.3 Å². The lowest BCUT2D eigenvalue weighted by Crippen LogP contribution is -2.44. The maximum Gasteiger partial charge on any atom is 0.490 e. The Morgan fingerprint density at radius 2 is 1.76 bits per heavy atom. The minimum Gasteiger partial charge on any atom is -0.507 e. The predicted molar refractivity (Wildman–Crippen MR) is 129 cm³/mol. The number of aliphatic carboxylic acids is 1. The van der Waals surface area contributed by atoms with E-state index in [9.17, 15) is 28.2 Å². The van der Waals surface area contributed by atoms with Gasteiger partial charge in [0.1, 0.15) is 5.75 Å². The van der Waals surface area contributed by atoms with Crippen LogP contribution in [0.15, 0.2) is 18.2 Å². The number of nitrogens with zero attached hydrogens (tertiary/aromatic N) is 2. The van der Waals surface area contributed by atoms with Gasteiger partial charge < -0.3 is 29.9 Å². The topological polar surface area (TPSA) is 111 Å². The number of phenols is 1. The monoisotopic (exact) mass is 530 g/mol. The van der Waals surface area contributed by atoms with E-state index < -0.39 is 12.1 Å². The first-order chi connectivity index (χ1) is 17.3. The number of benzene rings is 1. The third-order valence-corrected chi connectivity index (χ3v) is 7.80. The van der Waals surface area contributed by atoms with Crippen LogP contribution in [0.5, 0.6) is 5.75 Å². The normalized spacial score (nSPS) is 25.6. The highest BCUT2D eigenvalue weighted by molar-refractivity contribution is 5.97. The van der Waals surface area contributed by atoms with Gasteiger partial charge in [-0.3, -0.25) is 4.79 Å². The lowest BCUT2D eigenvalue weighted by molar-refractivity contribution is -0.192. The van der Waals surface area contributed by atoms with Gasteiger partial charge in [-0.2, -0.15) is 13.2 Å². The number of phenolic OH excluding ortho intramolecular Hbond substituents is 1. The number of likely N-dealkylation sites (N-methyl/N-ethyl adjacent to an activating group) is 1. The number of aromatic hydroxyl groups is 1. The summed E-state index contributed by atoms with van der Waals surface area (Å²) in [5.74, 6) is -2.76. The number of piperidine rings is 1. The van der Waals surface area contributed by atoms with Gasteiger partial charge in [0.2, 0.25) is 0 Å². The highest BCUT2D eigenvalue weighted by Gasteiger charge is 2.44. The summed E-state index contributed by atoms with van der Waals surface area (Å²) in [7, 11) is 2.19. The maximum absolute atomic E-state index is 12.9. The molecule has 1 atom stereocenters. The summed E-state index contributed by atoms with van der Waals surface area (Å²) in [5, 5.41) is 27.0. The molecule has 1 saturated carbocycles. The van der Waals surface area contributed by atoms with E-state index in [-0.39, 0.29) is 29.3 Å². The molecule has 208 valence electrons. The molecule has 4 rings (SSSR count). The molecule has 11 heteroatoms. The van der Waals surface area contributed by atoms with Gasteiger partial charge >= 0.3 is 12.1 Å². The summed E-state index contributed by atoms with van der Waals surface area (Å²) in [5.41, 5.74) is 1.57. The largest absolute Gasteiger partial charge is 0.507 e. The molecule has 37 heavy (non-hydrogen) atoms. The number of alkyl halides is 3. The van der Waals surface area contributed by atoms with Crippen molar-refractivity contribution in [3.63, 3.8) is 0 Å². The molecule has 0 radical (unpaired) electrons. The molecule has 1 amide bonds. The third kappa shape index (κ3) is 7.81. The molecule has 3 fully saturated rings. The van der Waals surface area contributed by atoms with E-state index in [0.717, 1.165) is 76.8 Å². The second-order valence-corrected chi connectivity index (χ2v) is 10.7.